The van der Waals surface area contributed by atoms with Crippen LogP contribution in [-0.2, 0) is 6.42 Å². The molecular formula is C56H39NS. The van der Waals surface area contributed by atoms with Gasteiger partial charge >= 0.3 is 0 Å². The minimum absolute atomic E-state index is 0.912. The van der Waals surface area contributed by atoms with Crippen LogP contribution in [0.15, 0.2) is 182 Å². The van der Waals surface area contributed by atoms with E-state index in [1.165, 1.54) is 108 Å². The van der Waals surface area contributed by atoms with Crippen LogP contribution in [0.3, 0.4) is 0 Å². The number of allylic oxidation sites excluding steroid dienone is 1. The van der Waals surface area contributed by atoms with E-state index in [2.05, 4.69) is 190 Å². The van der Waals surface area contributed by atoms with E-state index in [-0.39, 0.29) is 0 Å². The first-order valence-corrected chi connectivity index (χ1v) is 21.0. The van der Waals surface area contributed by atoms with Crippen molar-refractivity contribution in [3.05, 3.63) is 193 Å². The minimum Gasteiger partial charge on any atom is -0.256 e. The molecule has 0 aliphatic rings. The van der Waals surface area contributed by atoms with Crippen LogP contribution >= 0.6 is 11.3 Å². The molecule has 0 aliphatic carbocycles. The molecule has 2 aromatic heterocycles. The highest BCUT2D eigenvalue weighted by Gasteiger charge is 2.21. The van der Waals surface area contributed by atoms with Crippen LogP contribution in [0.1, 0.15) is 25.0 Å². The van der Waals surface area contributed by atoms with Gasteiger partial charge in [-0.3, -0.25) is 4.98 Å². The van der Waals surface area contributed by atoms with E-state index in [0.717, 1.165) is 17.3 Å². The Morgan fingerprint density at radius 3 is 1.69 bits per heavy atom. The molecule has 274 valence electrons. The predicted octanol–water partition coefficient (Wildman–Crippen LogP) is 16.3. The lowest BCUT2D eigenvalue weighted by Crippen LogP contribution is -1.99. The van der Waals surface area contributed by atoms with Crippen LogP contribution in [0.4, 0.5) is 0 Å². The van der Waals surface area contributed by atoms with Gasteiger partial charge in [0, 0.05) is 31.8 Å². The van der Waals surface area contributed by atoms with Crippen molar-refractivity contribution in [3.8, 4) is 44.5 Å². The highest BCUT2D eigenvalue weighted by atomic mass is 32.1. The SMILES string of the molecule is C/C=C\c1c(CC)c(-c2ccc3sc4cc(-c5c6ccccc6c(-c6ccccc6)c6ccccc56)ccc4c3c2)c2ccccc2c1-c1ccc2cccnc2c1. The van der Waals surface area contributed by atoms with Gasteiger partial charge in [-0.15, -0.1) is 11.3 Å². The quantitative estimate of drug-likeness (QED) is 0.154. The molecule has 0 amide bonds. The first-order chi connectivity index (χ1) is 28.7. The molecule has 2 heterocycles. The molecule has 0 bridgehead atoms. The fourth-order valence-electron chi connectivity index (χ4n) is 9.54. The lowest BCUT2D eigenvalue weighted by molar-refractivity contribution is 1.14. The summed E-state index contributed by atoms with van der Waals surface area (Å²) in [5.74, 6) is 0. The van der Waals surface area contributed by atoms with Crippen LogP contribution in [0.2, 0.25) is 0 Å². The summed E-state index contributed by atoms with van der Waals surface area (Å²) in [6.07, 6.45) is 7.29. The van der Waals surface area contributed by atoms with Gasteiger partial charge in [0.05, 0.1) is 5.52 Å². The van der Waals surface area contributed by atoms with Crippen LogP contribution < -0.4 is 0 Å². The van der Waals surface area contributed by atoms with Gasteiger partial charge in [0.2, 0.25) is 0 Å². The highest BCUT2D eigenvalue weighted by Crippen LogP contribution is 2.48. The molecule has 0 saturated carbocycles. The van der Waals surface area contributed by atoms with E-state index < -0.39 is 0 Å². The molecule has 1 nitrogen and oxygen atoms in total. The smallest absolute Gasteiger partial charge is 0.0708 e. The molecule has 0 aliphatic heterocycles. The number of aromatic nitrogens is 1. The molecule has 0 radical (unpaired) electrons. The number of rotatable bonds is 6. The number of pyridine rings is 1. The molecular weight excluding hydrogens is 719 g/mol. The van der Waals surface area contributed by atoms with E-state index in [4.69, 9.17) is 4.98 Å². The molecule has 0 spiro atoms. The Bertz CT molecular complexity index is 3380. The second-order valence-electron chi connectivity index (χ2n) is 15.2. The number of hydrogen-bond donors (Lipinski definition) is 0. The zero-order valence-electron chi connectivity index (χ0n) is 32.5. The number of thiophene rings is 1. The van der Waals surface area contributed by atoms with Crippen LogP contribution in [0.5, 0.6) is 0 Å². The largest absolute Gasteiger partial charge is 0.256 e. The van der Waals surface area contributed by atoms with Gasteiger partial charge in [-0.25, -0.2) is 0 Å². The summed E-state index contributed by atoms with van der Waals surface area (Å²) in [5, 5.41) is 11.4. The summed E-state index contributed by atoms with van der Waals surface area (Å²) < 4.78 is 2.61. The summed E-state index contributed by atoms with van der Waals surface area (Å²) in [6, 6.07) is 62.8. The van der Waals surface area contributed by atoms with Gasteiger partial charge in [-0.2, -0.15) is 0 Å². The maximum Gasteiger partial charge on any atom is 0.0708 e. The standard InChI is InChI=1S/C56H39NS/c1-3-15-42-40(4-2)54(45-21-10-13-24-48(45)55(42)38-26-25-35-18-14-31-57-50(35)33-38)37-28-30-51-49(32-37)41-29-27-39(34-52(41)58-51)56-46-22-11-8-19-43(46)53(36-16-6-5-7-17-36)44-20-9-12-23-47(44)56/h3,5-34H,4H2,1-2H3/b15-3-. The molecule has 0 N–H and O–H groups in total. The Kier molecular flexibility index (Phi) is 8.27. The van der Waals surface area contributed by atoms with Gasteiger partial charge in [-0.1, -0.05) is 159 Å². The second kappa shape index (κ2) is 14.0. The van der Waals surface area contributed by atoms with Crippen molar-refractivity contribution in [1.29, 1.82) is 0 Å². The Hall–Kier alpha value is -6.87. The summed E-state index contributed by atoms with van der Waals surface area (Å²) in [4.78, 5) is 4.73. The Balaban J connectivity index is 1.11. The minimum atomic E-state index is 0.912. The van der Waals surface area contributed by atoms with E-state index in [0.29, 0.717) is 0 Å². The van der Waals surface area contributed by atoms with Gasteiger partial charge in [0.15, 0.2) is 0 Å². The van der Waals surface area contributed by atoms with Gasteiger partial charge in [0.25, 0.3) is 0 Å². The molecule has 0 fully saturated rings. The van der Waals surface area contributed by atoms with Crippen molar-refractivity contribution >= 4 is 80.8 Å². The summed E-state index contributed by atoms with van der Waals surface area (Å²) in [5.41, 5.74) is 13.8. The Morgan fingerprint density at radius 1 is 0.448 bits per heavy atom. The van der Waals surface area contributed by atoms with Crippen LogP contribution in [0, 0.1) is 0 Å². The van der Waals surface area contributed by atoms with Crippen molar-refractivity contribution in [2.24, 2.45) is 0 Å². The first-order valence-electron chi connectivity index (χ1n) is 20.2. The number of nitrogens with zero attached hydrogens (tertiary/aromatic N) is 1. The maximum atomic E-state index is 4.73. The molecule has 0 unspecified atom stereocenters. The van der Waals surface area contributed by atoms with Gasteiger partial charge in [0.1, 0.15) is 0 Å². The second-order valence-corrected chi connectivity index (χ2v) is 16.3. The van der Waals surface area contributed by atoms with Crippen molar-refractivity contribution in [3.63, 3.8) is 0 Å². The van der Waals surface area contributed by atoms with E-state index in [1.807, 2.05) is 23.6 Å². The van der Waals surface area contributed by atoms with E-state index >= 15 is 0 Å². The topological polar surface area (TPSA) is 12.9 Å². The summed E-state index contributed by atoms with van der Waals surface area (Å²) in [7, 11) is 0. The Morgan fingerprint density at radius 2 is 1.02 bits per heavy atom. The number of fused-ring (bicyclic) bond motifs is 7. The molecule has 0 atom stereocenters. The number of benzene rings is 9. The average Bonchev–Trinajstić information content (AvgIpc) is 3.65. The van der Waals surface area contributed by atoms with Crippen molar-refractivity contribution in [2.75, 3.05) is 0 Å². The summed E-state index contributed by atoms with van der Waals surface area (Å²) in [6.45, 7) is 4.42. The zero-order chi connectivity index (χ0) is 38.7. The predicted molar refractivity (Wildman–Crippen MR) is 253 cm³/mol. The maximum absolute atomic E-state index is 4.73. The van der Waals surface area contributed by atoms with Crippen LogP contribution in [0.25, 0.3) is 114 Å². The fourth-order valence-corrected chi connectivity index (χ4v) is 10.7. The Labute approximate surface area is 342 Å². The fraction of sp³-hybridized carbons (Fsp3) is 0.0536. The molecule has 9 aromatic carbocycles. The monoisotopic (exact) mass is 757 g/mol. The van der Waals surface area contributed by atoms with E-state index in [1.54, 1.807) is 0 Å². The van der Waals surface area contributed by atoms with Crippen LogP contribution in [-0.4, -0.2) is 4.98 Å². The third-order valence-corrected chi connectivity index (χ3v) is 13.1. The normalized spacial score (nSPS) is 12.0. The lowest BCUT2D eigenvalue weighted by atomic mass is 9.82. The molecule has 58 heavy (non-hydrogen) atoms. The molecule has 11 rings (SSSR count). The molecule has 0 saturated heterocycles. The van der Waals surface area contributed by atoms with Crippen molar-refractivity contribution < 1.29 is 0 Å². The molecule has 11 aromatic rings. The first kappa shape index (κ1) is 34.4. The summed E-state index contributed by atoms with van der Waals surface area (Å²) >= 11 is 1.89. The number of hydrogen-bond acceptors (Lipinski definition) is 2. The lowest BCUT2D eigenvalue weighted by Gasteiger charge is -2.21. The molecule has 2 heteroatoms. The van der Waals surface area contributed by atoms with Gasteiger partial charge < -0.3 is 0 Å². The zero-order valence-corrected chi connectivity index (χ0v) is 33.3. The van der Waals surface area contributed by atoms with E-state index in [9.17, 15) is 0 Å². The van der Waals surface area contributed by atoms with Gasteiger partial charge in [-0.05, 0) is 132 Å². The van der Waals surface area contributed by atoms with Crippen molar-refractivity contribution in [1.82, 2.24) is 4.98 Å². The highest BCUT2D eigenvalue weighted by molar-refractivity contribution is 7.25. The third-order valence-electron chi connectivity index (χ3n) is 12.0. The van der Waals surface area contributed by atoms with Crippen molar-refractivity contribution in [2.45, 2.75) is 20.3 Å². The third kappa shape index (κ3) is 5.40. The average molecular weight is 758 g/mol.